The van der Waals surface area contributed by atoms with Gasteiger partial charge in [0.15, 0.2) is 11.5 Å². The third-order valence-electron chi connectivity index (χ3n) is 6.14. The van der Waals surface area contributed by atoms with Gasteiger partial charge in [0, 0.05) is 19.4 Å². The highest BCUT2D eigenvalue weighted by atomic mass is 16.6. The topological polar surface area (TPSA) is 128 Å². The molecule has 3 atom stereocenters. The zero-order chi connectivity index (χ0) is 29.5. The summed E-state index contributed by atoms with van der Waals surface area (Å²) in [5, 5.41) is 12.7. The van der Waals surface area contributed by atoms with Crippen LogP contribution in [-0.4, -0.2) is 47.7 Å². The van der Waals surface area contributed by atoms with E-state index in [1.165, 1.54) is 12.1 Å². The molecule has 0 saturated heterocycles. The fourth-order valence-corrected chi connectivity index (χ4v) is 3.70. The summed E-state index contributed by atoms with van der Waals surface area (Å²) < 4.78 is 16.5. The van der Waals surface area contributed by atoms with Crippen molar-refractivity contribution >= 4 is 23.9 Å². The molecule has 2 N–H and O–H groups in total. The molecule has 39 heavy (non-hydrogen) atoms. The van der Waals surface area contributed by atoms with E-state index in [1.807, 2.05) is 41.5 Å². The van der Waals surface area contributed by atoms with Crippen LogP contribution in [0.5, 0.6) is 11.5 Å². The second kappa shape index (κ2) is 17.6. The van der Waals surface area contributed by atoms with Gasteiger partial charge in [-0.1, -0.05) is 54.0 Å². The SMILES string of the molecule is CCCC(C)C(=O)OC(C)CN[C@@H](Cc1ccc(OC(=O)CCC(C)C)c(OC(=O)CCC(C)C)c1)C(=O)O. The molecule has 0 amide bonds. The number of esters is 3. The van der Waals surface area contributed by atoms with Crippen molar-refractivity contribution < 1.29 is 38.5 Å². The molecule has 0 aliphatic carbocycles. The Labute approximate surface area is 233 Å². The predicted molar refractivity (Wildman–Crippen MR) is 149 cm³/mol. The number of carboxylic acids is 1. The Balaban J connectivity index is 2.98. The Hall–Kier alpha value is -2.94. The third-order valence-corrected chi connectivity index (χ3v) is 6.14. The number of hydrogen-bond donors (Lipinski definition) is 2. The van der Waals surface area contributed by atoms with E-state index in [-0.39, 0.29) is 49.2 Å². The predicted octanol–water partition coefficient (Wildman–Crippen LogP) is 5.32. The van der Waals surface area contributed by atoms with Gasteiger partial charge in [-0.05, 0) is 62.1 Å². The van der Waals surface area contributed by atoms with E-state index in [0.29, 0.717) is 30.2 Å². The van der Waals surface area contributed by atoms with E-state index in [4.69, 9.17) is 14.2 Å². The van der Waals surface area contributed by atoms with Crippen LogP contribution in [0.4, 0.5) is 0 Å². The first-order valence-corrected chi connectivity index (χ1v) is 14.0. The third kappa shape index (κ3) is 14.1. The first kappa shape index (κ1) is 34.1. The number of benzene rings is 1. The van der Waals surface area contributed by atoms with Crippen LogP contribution in [0.15, 0.2) is 18.2 Å². The molecule has 1 rings (SSSR count). The van der Waals surface area contributed by atoms with Gasteiger partial charge < -0.3 is 24.6 Å². The second-order valence-corrected chi connectivity index (χ2v) is 11.0. The highest BCUT2D eigenvalue weighted by molar-refractivity contribution is 5.77. The number of nitrogens with one attached hydrogen (secondary N) is 1. The molecule has 1 aromatic rings. The standard InChI is InChI=1S/C30H47NO8/c1-8-9-21(6)30(36)37-22(7)18-31-24(29(34)35)16-23-12-13-25(38-27(32)14-10-19(2)3)26(17-23)39-28(33)15-11-20(4)5/h12-13,17,19-22,24,31H,8-11,14-16,18H2,1-7H3,(H,34,35)/t21?,22?,24-/m0/s1. The molecule has 9 heteroatoms. The Morgan fingerprint density at radius 2 is 1.41 bits per heavy atom. The minimum Gasteiger partial charge on any atom is -0.480 e. The van der Waals surface area contributed by atoms with Crippen molar-refractivity contribution in [1.29, 1.82) is 0 Å². The number of hydrogen-bond acceptors (Lipinski definition) is 8. The molecule has 0 saturated carbocycles. The molecule has 0 aliphatic rings. The van der Waals surface area contributed by atoms with E-state index in [0.717, 1.165) is 12.8 Å². The Kier molecular flexibility index (Phi) is 15.4. The second-order valence-electron chi connectivity index (χ2n) is 11.0. The molecule has 0 heterocycles. The Bertz CT molecular complexity index is 943. The van der Waals surface area contributed by atoms with Crippen LogP contribution in [0.1, 0.15) is 92.6 Å². The average molecular weight is 550 g/mol. The lowest BCUT2D eigenvalue weighted by molar-refractivity contribution is -0.152. The van der Waals surface area contributed by atoms with Crippen molar-refractivity contribution in [1.82, 2.24) is 5.32 Å². The fraction of sp³-hybridized carbons (Fsp3) is 0.667. The number of carboxylic acid groups (broad SMARTS) is 1. The summed E-state index contributed by atoms with van der Waals surface area (Å²) in [6.07, 6.45) is 2.90. The molecule has 0 bridgehead atoms. The van der Waals surface area contributed by atoms with Gasteiger partial charge in [-0.15, -0.1) is 0 Å². The highest BCUT2D eigenvalue weighted by Gasteiger charge is 2.23. The summed E-state index contributed by atoms with van der Waals surface area (Å²) in [5.74, 6) is -1.64. The van der Waals surface area contributed by atoms with Crippen molar-refractivity contribution in [2.75, 3.05) is 6.54 Å². The van der Waals surface area contributed by atoms with Crippen LogP contribution >= 0.6 is 0 Å². The fourth-order valence-electron chi connectivity index (χ4n) is 3.70. The van der Waals surface area contributed by atoms with Gasteiger partial charge in [0.2, 0.25) is 0 Å². The Morgan fingerprint density at radius 3 is 1.92 bits per heavy atom. The molecule has 9 nitrogen and oxygen atoms in total. The van der Waals surface area contributed by atoms with Crippen LogP contribution < -0.4 is 14.8 Å². The summed E-state index contributed by atoms with van der Waals surface area (Å²) in [6.45, 7) is 13.7. The number of ether oxygens (including phenoxy) is 3. The number of carbonyl (C=O) groups is 4. The van der Waals surface area contributed by atoms with E-state index in [2.05, 4.69) is 5.32 Å². The first-order chi connectivity index (χ1) is 18.3. The lowest BCUT2D eigenvalue weighted by atomic mass is 10.0. The van der Waals surface area contributed by atoms with Gasteiger partial charge in [-0.25, -0.2) is 0 Å². The lowest BCUT2D eigenvalue weighted by Gasteiger charge is -2.20. The minimum atomic E-state index is -1.08. The van der Waals surface area contributed by atoms with Gasteiger partial charge in [0.25, 0.3) is 0 Å². The molecule has 1 aromatic carbocycles. The van der Waals surface area contributed by atoms with E-state index < -0.39 is 30.1 Å². The smallest absolute Gasteiger partial charge is 0.321 e. The minimum absolute atomic E-state index is 0.0698. The van der Waals surface area contributed by atoms with Crippen molar-refractivity contribution in [2.24, 2.45) is 17.8 Å². The zero-order valence-corrected chi connectivity index (χ0v) is 24.6. The zero-order valence-electron chi connectivity index (χ0n) is 24.6. The summed E-state index contributed by atoms with van der Waals surface area (Å²) in [7, 11) is 0. The maximum absolute atomic E-state index is 12.5. The molecule has 0 spiro atoms. The van der Waals surface area contributed by atoms with Crippen LogP contribution in [0, 0.1) is 17.8 Å². The normalized spacial score (nSPS) is 13.6. The van der Waals surface area contributed by atoms with Gasteiger partial charge in [-0.2, -0.15) is 0 Å². The van der Waals surface area contributed by atoms with E-state index in [9.17, 15) is 24.3 Å². The van der Waals surface area contributed by atoms with Crippen molar-refractivity contribution in [3.05, 3.63) is 23.8 Å². The van der Waals surface area contributed by atoms with Gasteiger partial charge in [-0.3, -0.25) is 19.2 Å². The number of aliphatic carboxylic acids is 1. The molecule has 0 radical (unpaired) electrons. The lowest BCUT2D eigenvalue weighted by Crippen LogP contribution is -2.43. The van der Waals surface area contributed by atoms with Crippen LogP contribution in [-0.2, 0) is 30.3 Å². The molecular weight excluding hydrogens is 502 g/mol. The number of carbonyl (C=O) groups excluding carboxylic acids is 3. The summed E-state index contributed by atoms with van der Waals surface area (Å²) >= 11 is 0. The van der Waals surface area contributed by atoms with Gasteiger partial charge in [0.05, 0.1) is 5.92 Å². The maximum atomic E-state index is 12.5. The van der Waals surface area contributed by atoms with E-state index >= 15 is 0 Å². The summed E-state index contributed by atoms with van der Waals surface area (Å²) in [4.78, 5) is 48.9. The monoisotopic (exact) mass is 549 g/mol. The van der Waals surface area contributed by atoms with Crippen molar-refractivity contribution in [2.45, 2.75) is 106 Å². The van der Waals surface area contributed by atoms with Crippen molar-refractivity contribution in [3.8, 4) is 11.5 Å². The van der Waals surface area contributed by atoms with Gasteiger partial charge in [0.1, 0.15) is 12.1 Å². The molecule has 2 unspecified atom stereocenters. The Morgan fingerprint density at radius 1 is 0.846 bits per heavy atom. The molecule has 220 valence electrons. The molecule has 0 aromatic heterocycles. The average Bonchev–Trinajstić information content (AvgIpc) is 2.85. The number of rotatable bonds is 18. The summed E-state index contributed by atoms with van der Waals surface area (Å²) in [6, 6.07) is 3.71. The highest BCUT2D eigenvalue weighted by Crippen LogP contribution is 2.30. The molecule has 0 aliphatic heterocycles. The van der Waals surface area contributed by atoms with E-state index in [1.54, 1.807) is 13.0 Å². The van der Waals surface area contributed by atoms with Crippen molar-refractivity contribution in [3.63, 3.8) is 0 Å². The van der Waals surface area contributed by atoms with Crippen LogP contribution in [0.3, 0.4) is 0 Å². The first-order valence-electron chi connectivity index (χ1n) is 14.0. The quantitative estimate of drug-likeness (QED) is 0.185. The largest absolute Gasteiger partial charge is 0.480 e. The molecule has 0 fully saturated rings. The summed E-state index contributed by atoms with van der Waals surface area (Å²) in [5.41, 5.74) is 0.574. The van der Waals surface area contributed by atoms with Gasteiger partial charge >= 0.3 is 23.9 Å². The maximum Gasteiger partial charge on any atom is 0.321 e. The molecular formula is C30H47NO8. The van der Waals surface area contributed by atoms with Crippen LogP contribution in [0.2, 0.25) is 0 Å². The van der Waals surface area contributed by atoms with Crippen LogP contribution in [0.25, 0.3) is 0 Å².